The number of para-hydroxylation sites is 2. The summed E-state index contributed by atoms with van der Waals surface area (Å²) in [5.74, 6) is -1.50. The van der Waals surface area contributed by atoms with Crippen LogP contribution in [0.25, 0.3) is 21.3 Å². The van der Waals surface area contributed by atoms with E-state index in [0.717, 1.165) is 11.3 Å². The molecule has 0 aliphatic heterocycles. The van der Waals surface area contributed by atoms with Gasteiger partial charge in [-0.15, -0.1) is 0 Å². The van der Waals surface area contributed by atoms with Gasteiger partial charge in [-0.3, -0.25) is 14.6 Å². The molecule has 0 aliphatic carbocycles. The van der Waals surface area contributed by atoms with Crippen molar-refractivity contribution in [1.82, 2.24) is 14.5 Å². The number of aromatic nitrogens is 3. The summed E-state index contributed by atoms with van der Waals surface area (Å²) in [7, 11) is 0. The van der Waals surface area contributed by atoms with Crippen LogP contribution in [0.2, 0.25) is 0 Å². The second-order valence-electron chi connectivity index (χ2n) is 6.05. The predicted molar refractivity (Wildman–Crippen MR) is 106 cm³/mol. The molecule has 0 aliphatic rings. The molecular weight excluding hydrogens is 395 g/mol. The first-order valence-electron chi connectivity index (χ1n) is 8.80. The second kappa shape index (κ2) is 7.88. The van der Waals surface area contributed by atoms with E-state index in [1.807, 2.05) is 6.07 Å². The third kappa shape index (κ3) is 3.90. The Morgan fingerprint density at radius 1 is 1.21 bits per heavy atom. The summed E-state index contributed by atoms with van der Waals surface area (Å²) in [5.41, 5.74) is 1.90. The molecule has 4 aromatic rings. The molecule has 0 saturated heterocycles. The Balaban J connectivity index is 1.80. The van der Waals surface area contributed by atoms with E-state index in [-0.39, 0.29) is 23.6 Å². The number of carbonyl (C=O) groups excluding carboxylic acids is 2. The molecule has 0 saturated carbocycles. The van der Waals surface area contributed by atoms with E-state index in [0.29, 0.717) is 21.3 Å². The largest absolute Gasteiger partial charge is 0.465 e. The van der Waals surface area contributed by atoms with Gasteiger partial charge in [0.05, 0.1) is 34.1 Å². The van der Waals surface area contributed by atoms with Crippen molar-refractivity contribution in [2.24, 2.45) is 4.99 Å². The summed E-state index contributed by atoms with van der Waals surface area (Å²) in [5, 5.41) is 0. The van der Waals surface area contributed by atoms with Gasteiger partial charge in [-0.25, -0.2) is 9.37 Å². The van der Waals surface area contributed by atoms with Crippen molar-refractivity contribution in [3.05, 3.63) is 65.0 Å². The molecule has 0 bridgehead atoms. The third-order valence-corrected chi connectivity index (χ3v) is 5.14. The molecule has 9 heteroatoms. The van der Waals surface area contributed by atoms with Gasteiger partial charge in [0.15, 0.2) is 4.80 Å². The molecule has 2 heterocycles. The minimum Gasteiger partial charge on any atom is -0.465 e. The topological polar surface area (TPSA) is 86.4 Å². The van der Waals surface area contributed by atoms with Crippen molar-refractivity contribution in [2.45, 2.75) is 13.5 Å². The van der Waals surface area contributed by atoms with E-state index in [4.69, 9.17) is 4.74 Å². The quantitative estimate of drug-likeness (QED) is 0.483. The fourth-order valence-corrected chi connectivity index (χ4v) is 3.88. The van der Waals surface area contributed by atoms with E-state index in [2.05, 4.69) is 15.0 Å². The van der Waals surface area contributed by atoms with Crippen LogP contribution in [0.4, 0.5) is 4.39 Å². The van der Waals surface area contributed by atoms with E-state index in [1.54, 1.807) is 31.2 Å². The van der Waals surface area contributed by atoms with Crippen molar-refractivity contribution >= 4 is 44.5 Å². The summed E-state index contributed by atoms with van der Waals surface area (Å²) in [6.45, 7) is 1.79. The number of carbonyl (C=O) groups is 2. The Morgan fingerprint density at radius 3 is 2.79 bits per heavy atom. The van der Waals surface area contributed by atoms with Gasteiger partial charge in [0.25, 0.3) is 5.91 Å². The maximum atomic E-state index is 13.6. The summed E-state index contributed by atoms with van der Waals surface area (Å²) >= 11 is 1.10. The van der Waals surface area contributed by atoms with Crippen molar-refractivity contribution in [1.29, 1.82) is 0 Å². The van der Waals surface area contributed by atoms with E-state index in [9.17, 15) is 14.0 Å². The zero-order chi connectivity index (χ0) is 20.4. The van der Waals surface area contributed by atoms with Crippen LogP contribution >= 0.6 is 11.3 Å². The lowest BCUT2D eigenvalue weighted by molar-refractivity contribution is -0.143. The molecule has 0 radical (unpaired) electrons. The minimum atomic E-state index is -0.604. The highest BCUT2D eigenvalue weighted by Gasteiger charge is 2.14. The predicted octanol–water partition coefficient (Wildman–Crippen LogP) is 3.09. The summed E-state index contributed by atoms with van der Waals surface area (Å²) in [4.78, 5) is 37.6. The molecule has 0 atom stereocenters. The van der Waals surface area contributed by atoms with Gasteiger partial charge in [-0.05, 0) is 37.3 Å². The lowest BCUT2D eigenvalue weighted by Crippen LogP contribution is -2.23. The number of amides is 1. The van der Waals surface area contributed by atoms with Gasteiger partial charge >= 0.3 is 5.97 Å². The number of hydrogen-bond acceptors (Lipinski definition) is 6. The number of benzene rings is 2. The number of fused-ring (bicyclic) bond motifs is 2. The highest BCUT2D eigenvalue weighted by Crippen LogP contribution is 2.19. The molecule has 0 spiro atoms. The second-order valence-corrected chi connectivity index (χ2v) is 7.06. The third-order valence-electron chi connectivity index (χ3n) is 4.10. The van der Waals surface area contributed by atoms with Gasteiger partial charge in [-0.1, -0.05) is 23.5 Å². The number of rotatable bonds is 4. The molecular formula is C20H15FN4O3S. The zero-order valence-electron chi connectivity index (χ0n) is 15.3. The molecule has 146 valence electrons. The Morgan fingerprint density at radius 2 is 2.00 bits per heavy atom. The van der Waals surface area contributed by atoms with Gasteiger partial charge < -0.3 is 9.30 Å². The van der Waals surface area contributed by atoms with E-state index < -0.39 is 17.7 Å². The van der Waals surface area contributed by atoms with Crippen LogP contribution in [0.5, 0.6) is 0 Å². The lowest BCUT2D eigenvalue weighted by Gasteiger charge is -2.05. The fraction of sp³-hybridized carbons (Fsp3) is 0.150. The molecule has 0 N–H and O–H groups in total. The van der Waals surface area contributed by atoms with Gasteiger partial charge in [0.2, 0.25) is 0 Å². The average molecular weight is 410 g/mol. The van der Waals surface area contributed by atoms with Gasteiger partial charge in [0.1, 0.15) is 18.1 Å². The standard InChI is InChI=1S/C20H15FN4O3S/c1-2-28-18(26)11-25-16-8-7-12(21)9-17(16)29-20(25)24-19(27)15-10-22-13-5-3-4-6-14(13)23-15/h3-10H,2,11H2,1H3. The van der Waals surface area contributed by atoms with Gasteiger partial charge in [0, 0.05) is 0 Å². The van der Waals surface area contributed by atoms with Crippen LogP contribution in [0.3, 0.4) is 0 Å². The number of hydrogen-bond donors (Lipinski definition) is 0. The van der Waals surface area contributed by atoms with Crippen LogP contribution in [-0.2, 0) is 16.1 Å². The highest BCUT2D eigenvalue weighted by atomic mass is 32.1. The number of thiazole rings is 1. The van der Waals surface area contributed by atoms with Crippen molar-refractivity contribution in [2.75, 3.05) is 6.61 Å². The van der Waals surface area contributed by atoms with E-state index >= 15 is 0 Å². The molecule has 1 amide bonds. The van der Waals surface area contributed by atoms with Crippen LogP contribution < -0.4 is 4.80 Å². The Bertz CT molecular complexity index is 1310. The van der Waals surface area contributed by atoms with Crippen molar-refractivity contribution in [3.63, 3.8) is 0 Å². The Labute approximate surface area is 168 Å². The Kier molecular flexibility index (Phi) is 5.13. The van der Waals surface area contributed by atoms with Gasteiger partial charge in [-0.2, -0.15) is 4.99 Å². The first-order chi connectivity index (χ1) is 14.0. The molecule has 0 fully saturated rings. The maximum absolute atomic E-state index is 13.6. The average Bonchev–Trinajstić information content (AvgIpc) is 3.03. The summed E-state index contributed by atoms with van der Waals surface area (Å²) < 4.78 is 20.7. The number of nitrogens with zero attached hydrogens (tertiary/aromatic N) is 4. The Hall–Kier alpha value is -3.46. The smallest absolute Gasteiger partial charge is 0.326 e. The lowest BCUT2D eigenvalue weighted by atomic mass is 10.3. The first kappa shape index (κ1) is 18.9. The number of ether oxygens (including phenoxy) is 1. The zero-order valence-corrected chi connectivity index (χ0v) is 16.1. The summed E-state index contributed by atoms with van der Waals surface area (Å²) in [6.07, 6.45) is 1.36. The molecule has 29 heavy (non-hydrogen) atoms. The van der Waals surface area contributed by atoms with Crippen LogP contribution in [0.1, 0.15) is 17.4 Å². The van der Waals surface area contributed by atoms with Crippen LogP contribution in [-0.4, -0.2) is 33.0 Å². The van der Waals surface area contributed by atoms with E-state index in [1.165, 1.54) is 22.9 Å². The fourth-order valence-electron chi connectivity index (χ4n) is 2.83. The molecule has 2 aromatic heterocycles. The molecule has 4 rings (SSSR count). The number of halogens is 1. The monoisotopic (exact) mass is 410 g/mol. The molecule has 0 unspecified atom stereocenters. The highest BCUT2D eigenvalue weighted by molar-refractivity contribution is 7.16. The maximum Gasteiger partial charge on any atom is 0.326 e. The summed E-state index contributed by atoms with van der Waals surface area (Å²) in [6, 6.07) is 11.3. The SMILES string of the molecule is CCOC(=O)Cn1c(=NC(=O)c2cnc3ccccc3n2)sc2cc(F)ccc21. The molecule has 2 aromatic carbocycles. The normalized spacial score (nSPS) is 11.9. The van der Waals surface area contributed by atoms with Crippen molar-refractivity contribution < 1.29 is 18.7 Å². The minimum absolute atomic E-state index is 0.0787. The van der Waals surface area contributed by atoms with Crippen LogP contribution in [0, 0.1) is 5.82 Å². The first-order valence-corrected chi connectivity index (χ1v) is 9.62. The number of esters is 1. The molecule has 7 nitrogen and oxygen atoms in total. The van der Waals surface area contributed by atoms with Crippen molar-refractivity contribution in [3.8, 4) is 0 Å². The van der Waals surface area contributed by atoms with Crippen LogP contribution in [0.15, 0.2) is 53.7 Å².